The van der Waals surface area contributed by atoms with Crippen LogP contribution in [-0.4, -0.2) is 61.1 Å². The van der Waals surface area contributed by atoms with Gasteiger partial charge in [-0.1, -0.05) is 12.8 Å². The third-order valence-electron chi connectivity index (χ3n) is 5.19. The number of esters is 1. The molecule has 2 N–H and O–H groups in total. The Balaban J connectivity index is 1.79. The number of ether oxygens (including phenoxy) is 1. The molecule has 8 heteroatoms. The number of rotatable bonds is 11. The van der Waals surface area contributed by atoms with Gasteiger partial charge in [-0.3, -0.25) is 4.99 Å². The van der Waals surface area contributed by atoms with Gasteiger partial charge in [-0.2, -0.15) is 0 Å². The summed E-state index contributed by atoms with van der Waals surface area (Å²) in [7, 11) is 0. The van der Waals surface area contributed by atoms with Gasteiger partial charge in [-0.25, -0.2) is 9.78 Å². The van der Waals surface area contributed by atoms with Crippen LogP contribution >= 0.6 is 11.3 Å². The van der Waals surface area contributed by atoms with Crippen LogP contribution in [0.4, 0.5) is 0 Å². The quantitative estimate of drug-likeness (QED) is 0.237. The second kappa shape index (κ2) is 13.6. The van der Waals surface area contributed by atoms with Crippen molar-refractivity contribution in [2.45, 2.75) is 72.3 Å². The van der Waals surface area contributed by atoms with E-state index in [-0.39, 0.29) is 12.0 Å². The predicted octanol–water partition coefficient (Wildman–Crippen LogP) is 3.90. The highest BCUT2D eigenvalue weighted by molar-refractivity contribution is 7.13. The van der Waals surface area contributed by atoms with Gasteiger partial charge in [0.15, 0.2) is 5.96 Å². The summed E-state index contributed by atoms with van der Waals surface area (Å²) in [5, 5.41) is 7.58. The van der Waals surface area contributed by atoms with E-state index in [1.54, 1.807) is 0 Å². The molecule has 1 aliphatic rings. The minimum absolute atomic E-state index is 0.0335. The first-order valence-electron chi connectivity index (χ1n) is 11.5. The van der Waals surface area contributed by atoms with Gasteiger partial charge in [0.2, 0.25) is 0 Å². The number of unbranched alkanes of at least 4 members (excludes halogenated alkanes) is 2. The molecule has 1 aromatic heterocycles. The Morgan fingerprint density at radius 1 is 1.23 bits per heavy atom. The predicted molar refractivity (Wildman–Crippen MR) is 124 cm³/mol. The molecule has 170 valence electrons. The van der Waals surface area contributed by atoms with Crippen LogP contribution in [0.25, 0.3) is 0 Å². The van der Waals surface area contributed by atoms with Crippen LogP contribution in [-0.2, 0) is 4.74 Å². The normalized spacial score (nSPS) is 16.3. The number of nitrogens with zero attached hydrogens (tertiary/aromatic N) is 3. The Morgan fingerprint density at radius 3 is 2.70 bits per heavy atom. The van der Waals surface area contributed by atoms with Gasteiger partial charge >= 0.3 is 5.97 Å². The Bertz CT molecular complexity index is 670. The number of nitrogens with one attached hydrogen (secondary N) is 2. The molecule has 7 nitrogen and oxygen atoms in total. The molecule has 1 unspecified atom stereocenters. The maximum atomic E-state index is 12.0. The molecule has 0 saturated carbocycles. The molecular formula is C22H39N5O2S. The molecule has 0 radical (unpaired) electrons. The lowest BCUT2D eigenvalue weighted by atomic mass is 10.1. The lowest BCUT2D eigenvalue weighted by Gasteiger charge is -2.26. The SMILES string of the molecule is CCNC(=NCCCCCN1CCCCC1)NC(C)c1nc(C)c(C(=O)OCC)s1. The van der Waals surface area contributed by atoms with Gasteiger partial charge in [-0.15, -0.1) is 11.3 Å². The van der Waals surface area contributed by atoms with Crippen LogP contribution in [0.15, 0.2) is 4.99 Å². The molecule has 0 aliphatic carbocycles. The molecule has 2 rings (SSSR count). The van der Waals surface area contributed by atoms with Gasteiger partial charge < -0.3 is 20.3 Å². The van der Waals surface area contributed by atoms with Crippen molar-refractivity contribution in [3.05, 3.63) is 15.6 Å². The fourth-order valence-electron chi connectivity index (χ4n) is 3.57. The van der Waals surface area contributed by atoms with Crippen molar-refractivity contribution in [3.8, 4) is 0 Å². The van der Waals surface area contributed by atoms with Gasteiger partial charge in [0.05, 0.1) is 18.3 Å². The Labute approximate surface area is 185 Å². The summed E-state index contributed by atoms with van der Waals surface area (Å²) in [6.45, 7) is 13.5. The highest BCUT2D eigenvalue weighted by Gasteiger charge is 2.20. The topological polar surface area (TPSA) is 78.9 Å². The van der Waals surface area contributed by atoms with Gasteiger partial charge in [0.1, 0.15) is 9.88 Å². The van der Waals surface area contributed by atoms with Crippen LogP contribution in [0, 0.1) is 6.92 Å². The molecule has 1 fully saturated rings. The fourth-order valence-corrected chi connectivity index (χ4v) is 4.54. The van der Waals surface area contributed by atoms with Gasteiger partial charge in [0.25, 0.3) is 0 Å². The third-order valence-corrected chi connectivity index (χ3v) is 6.51. The summed E-state index contributed by atoms with van der Waals surface area (Å²) < 4.78 is 5.12. The molecule has 0 spiro atoms. The third kappa shape index (κ3) is 8.22. The van der Waals surface area contributed by atoms with Crippen molar-refractivity contribution in [2.24, 2.45) is 4.99 Å². The van der Waals surface area contributed by atoms with Crippen LogP contribution in [0.1, 0.15) is 85.7 Å². The maximum absolute atomic E-state index is 12.0. The minimum atomic E-state index is -0.295. The number of carbonyl (C=O) groups is 1. The molecule has 0 bridgehead atoms. The minimum Gasteiger partial charge on any atom is -0.462 e. The first-order valence-corrected chi connectivity index (χ1v) is 12.3. The first kappa shape index (κ1) is 24.6. The van der Waals surface area contributed by atoms with E-state index in [0.29, 0.717) is 11.5 Å². The Morgan fingerprint density at radius 2 is 2.00 bits per heavy atom. The first-order chi connectivity index (χ1) is 14.5. The molecule has 1 aliphatic heterocycles. The summed E-state index contributed by atoms with van der Waals surface area (Å²) in [4.78, 5) is 24.5. The van der Waals surface area contributed by atoms with Crippen molar-refractivity contribution < 1.29 is 9.53 Å². The average Bonchev–Trinajstić information content (AvgIpc) is 3.13. The fraction of sp³-hybridized carbons (Fsp3) is 0.773. The molecule has 30 heavy (non-hydrogen) atoms. The number of likely N-dealkylation sites (tertiary alicyclic amines) is 1. The van der Waals surface area contributed by atoms with Crippen molar-refractivity contribution in [1.29, 1.82) is 0 Å². The number of hydrogen-bond donors (Lipinski definition) is 2. The summed E-state index contributed by atoms with van der Waals surface area (Å²) in [5.41, 5.74) is 0.720. The molecular weight excluding hydrogens is 398 g/mol. The molecule has 1 atom stereocenters. The number of piperidine rings is 1. The van der Waals surface area contributed by atoms with E-state index in [2.05, 4.69) is 27.4 Å². The van der Waals surface area contributed by atoms with Gasteiger partial charge in [-0.05, 0) is 73.0 Å². The zero-order valence-corrected chi connectivity index (χ0v) is 19.9. The van der Waals surface area contributed by atoms with E-state index in [4.69, 9.17) is 9.73 Å². The standard InChI is InChI=1S/C22H39N5O2S/c1-5-23-22(24-13-9-7-10-14-27-15-11-8-12-16-27)26-18(4)20-25-17(3)19(30-20)21(28)29-6-2/h18H,5-16H2,1-4H3,(H2,23,24,26). The highest BCUT2D eigenvalue weighted by Crippen LogP contribution is 2.24. The molecule has 0 amide bonds. The van der Waals surface area contributed by atoms with Crippen molar-refractivity contribution >= 4 is 23.3 Å². The lowest BCUT2D eigenvalue weighted by molar-refractivity contribution is 0.0531. The van der Waals surface area contributed by atoms with Crippen molar-refractivity contribution in [1.82, 2.24) is 20.5 Å². The number of guanidine groups is 1. The summed E-state index contributed by atoms with van der Waals surface area (Å²) >= 11 is 1.39. The smallest absolute Gasteiger partial charge is 0.350 e. The largest absolute Gasteiger partial charge is 0.462 e. The van der Waals surface area contributed by atoms with E-state index >= 15 is 0 Å². The van der Waals surface area contributed by atoms with E-state index in [1.165, 1.54) is 63.1 Å². The Kier molecular flexibility index (Phi) is 11.1. The number of carbonyl (C=O) groups excluding carboxylic acids is 1. The van der Waals surface area contributed by atoms with Crippen molar-refractivity contribution in [3.63, 3.8) is 0 Å². The summed E-state index contributed by atoms with van der Waals surface area (Å²) in [6.07, 6.45) is 7.69. The van der Waals surface area contributed by atoms with Crippen molar-refractivity contribution in [2.75, 3.05) is 39.3 Å². The van der Waals surface area contributed by atoms with E-state index < -0.39 is 0 Å². The van der Waals surface area contributed by atoms with E-state index in [0.717, 1.165) is 36.2 Å². The van der Waals surface area contributed by atoms with Crippen LogP contribution in [0.3, 0.4) is 0 Å². The van der Waals surface area contributed by atoms with Crippen LogP contribution in [0.2, 0.25) is 0 Å². The van der Waals surface area contributed by atoms with Gasteiger partial charge in [0, 0.05) is 13.1 Å². The molecule has 2 heterocycles. The number of hydrogen-bond acceptors (Lipinski definition) is 6. The monoisotopic (exact) mass is 437 g/mol. The average molecular weight is 438 g/mol. The summed E-state index contributed by atoms with van der Waals surface area (Å²) in [6, 6.07) is -0.0335. The highest BCUT2D eigenvalue weighted by atomic mass is 32.1. The molecule has 0 aromatic carbocycles. The van der Waals surface area contributed by atoms with E-state index in [9.17, 15) is 4.79 Å². The maximum Gasteiger partial charge on any atom is 0.350 e. The lowest BCUT2D eigenvalue weighted by Crippen LogP contribution is -2.38. The second-order valence-electron chi connectivity index (χ2n) is 7.78. The Hall–Kier alpha value is -1.67. The number of aliphatic imine (C=N–C) groups is 1. The van der Waals surface area contributed by atoms with E-state index in [1.807, 2.05) is 20.8 Å². The second-order valence-corrected chi connectivity index (χ2v) is 8.81. The zero-order valence-electron chi connectivity index (χ0n) is 19.1. The molecule has 1 saturated heterocycles. The number of aryl methyl sites for hydroxylation is 1. The number of thiazole rings is 1. The zero-order chi connectivity index (χ0) is 21.8. The van der Waals surface area contributed by atoms with Crippen LogP contribution in [0.5, 0.6) is 0 Å². The molecule has 1 aromatic rings. The summed E-state index contributed by atoms with van der Waals surface area (Å²) in [5.74, 6) is 0.502. The number of aromatic nitrogens is 1. The van der Waals surface area contributed by atoms with Crippen LogP contribution < -0.4 is 10.6 Å².